The SMILES string of the molecule is COC(=O)CC(=O)c1ccc(C)cc1Cl. The van der Waals surface area contributed by atoms with Gasteiger partial charge in [0, 0.05) is 5.56 Å². The van der Waals surface area contributed by atoms with Crippen LogP contribution in [-0.2, 0) is 9.53 Å². The van der Waals surface area contributed by atoms with Crippen molar-refractivity contribution in [2.45, 2.75) is 13.3 Å². The minimum atomic E-state index is -0.559. The molecule has 3 nitrogen and oxygen atoms in total. The Morgan fingerprint density at radius 2 is 2.07 bits per heavy atom. The largest absolute Gasteiger partial charge is 0.469 e. The van der Waals surface area contributed by atoms with E-state index in [2.05, 4.69) is 4.74 Å². The van der Waals surface area contributed by atoms with Gasteiger partial charge in [0.25, 0.3) is 0 Å². The standard InChI is InChI=1S/C11H11ClO3/c1-7-3-4-8(9(12)5-7)10(13)6-11(14)15-2/h3-5H,6H2,1-2H3. The molecule has 0 spiro atoms. The molecule has 0 heterocycles. The number of halogens is 1. The molecule has 0 amide bonds. The molecule has 1 aromatic carbocycles. The summed E-state index contributed by atoms with van der Waals surface area (Å²) in [6.07, 6.45) is -0.278. The Balaban J connectivity index is 2.87. The maximum Gasteiger partial charge on any atom is 0.313 e. The van der Waals surface area contributed by atoms with Gasteiger partial charge in [-0.15, -0.1) is 0 Å². The molecule has 4 heteroatoms. The number of ketones is 1. The van der Waals surface area contributed by atoms with Crippen LogP contribution in [0.3, 0.4) is 0 Å². The lowest BCUT2D eigenvalue weighted by Gasteiger charge is -2.03. The van der Waals surface area contributed by atoms with Crippen LogP contribution in [0.2, 0.25) is 5.02 Å². The molecular weight excluding hydrogens is 216 g/mol. The Kier molecular flexibility index (Phi) is 3.86. The lowest BCUT2D eigenvalue weighted by atomic mass is 10.1. The Bertz CT molecular complexity index is 399. The van der Waals surface area contributed by atoms with Crippen molar-refractivity contribution in [3.05, 3.63) is 34.3 Å². The number of esters is 1. The molecule has 0 radical (unpaired) electrons. The monoisotopic (exact) mass is 226 g/mol. The van der Waals surface area contributed by atoms with Crippen LogP contribution < -0.4 is 0 Å². The van der Waals surface area contributed by atoms with Gasteiger partial charge in [0.2, 0.25) is 0 Å². The van der Waals surface area contributed by atoms with Crippen LogP contribution in [0.25, 0.3) is 0 Å². The third-order valence-corrected chi connectivity index (χ3v) is 2.27. The van der Waals surface area contributed by atoms with Crippen LogP contribution >= 0.6 is 11.6 Å². The van der Waals surface area contributed by atoms with Gasteiger partial charge >= 0.3 is 5.97 Å². The molecule has 0 saturated heterocycles. The van der Waals surface area contributed by atoms with Gasteiger partial charge in [-0.05, 0) is 24.6 Å². The minimum Gasteiger partial charge on any atom is -0.469 e. The number of aryl methyl sites for hydroxylation is 1. The molecule has 0 N–H and O–H groups in total. The van der Waals surface area contributed by atoms with Crippen molar-refractivity contribution in [3.8, 4) is 0 Å². The van der Waals surface area contributed by atoms with Crippen LogP contribution in [0.4, 0.5) is 0 Å². The van der Waals surface area contributed by atoms with Gasteiger partial charge in [0.05, 0.1) is 12.1 Å². The molecule has 80 valence electrons. The average Bonchev–Trinajstić information content (AvgIpc) is 2.17. The lowest BCUT2D eigenvalue weighted by Crippen LogP contribution is -2.09. The lowest BCUT2D eigenvalue weighted by molar-refractivity contribution is -0.139. The number of Topliss-reactive ketones (excluding diaryl/α,β-unsaturated/α-hetero) is 1. The molecule has 0 fully saturated rings. The molecule has 0 atom stereocenters. The number of hydrogen-bond acceptors (Lipinski definition) is 3. The van der Waals surface area contributed by atoms with E-state index in [4.69, 9.17) is 11.6 Å². The Morgan fingerprint density at radius 1 is 1.40 bits per heavy atom. The maximum atomic E-state index is 11.6. The van der Waals surface area contributed by atoms with E-state index < -0.39 is 5.97 Å². The highest BCUT2D eigenvalue weighted by Crippen LogP contribution is 2.19. The molecule has 1 aromatic rings. The highest BCUT2D eigenvalue weighted by molar-refractivity contribution is 6.34. The summed E-state index contributed by atoms with van der Waals surface area (Å²) in [5.74, 6) is -0.886. The van der Waals surface area contributed by atoms with Crippen molar-refractivity contribution in [2.75, 3.05) is 7.11 Å². The quantitative estimate of drug-likeness (QED) is 0.452. The maximum absolute atomic E-state index is 11.6. The van der Waals surface area contributed by atoms with Crippen LogP contribution in [0.15, 0.2) is 18.2 Å². The van der Waals surface area contributed by atoms with Crippen molar-refractivity contribution < 1.29 is 14.3 Å². The van der Waals surface area contributed by atoms with E-state index in [-0.39, 0.29) is 12.2 Å². The molecule has 0 aliphatic heterocycles. The summed E-state index contributed by atoms with van der Waals surface area (Å²) in [7, 11) is 1.24. The number of ether oxygens (including phenoxy) is 1. The van der Waals surface area contributed by atoms with Crippen LogP contribution in [0.1, 0.15) is 22.3 Å². The number of carbonyl (C=O) groups is 2. The van der Waals surface area contributed by atoms with Gasteiger partial charge in [-0.1, -0.05) is 17.7 Å². The van der Waals surface area contributed by atoms with E-state index in [1.54, 1.807) is 18.2 Å². The minimum absolute atomic E-state index is 0.278. The molecule has 0 bridgehead atoms. The fraction of sp³-hybridized carbons (Fsp3) is 0.273. The summed E-state index contributed by atoms with van der Waals surface area (Å²) in [5.41, 5.74) is 1.32. The first kappa shape index (κ1) is 11.7. The zero-order valence-electron chi connectivity index (χ0n) is 8.54. The Hall–Kier alpha value is -1.35. The van der Waals surface area contributed by atoms with Crippen LogP contribution in [-0.4, -0.2) is 18.9 Å². The summed E-state index contributed by atoms with van der Waals surface area (Å²) in [5, 5.41) is 0.365. The third-order valence-electron chi connectivity index (χ3n) is 1.96. The summed E-state index contributed by atoms with van der Waals surface area (Å²) >= 11 is 5.88. The first-order chi connectivity index (χ1) is 7.04. The van der Waals surface area contributed by atoms with Crippen molar-refractivity contribution >= 4 is 23.4 Å². The van der Waals surface area contributed by atoms with Gasteiger partial charge in [0.1, 0.15) is 6.42 Å². The molecule has 15 heavy (non-hydrogen) atoms. The van der Waals surface area contributed by atoms with Gasteiger partial charge in [-0.2, -0.15) is 0 Å². The summed E-state index contributed by atoms with van der Waals surface area (Å²) in [6.45, 7) is 1.88. The number of carbonyl (C=O) groups excluding carboxylic acids is 2. The van der Waals surface area contributed by atoms with Crippen molar-refractivity contribution in [2.24, 2.45) is 0 Å². The molecule has 0 saturated carbocycles. The van der Waals surface area contributed by atoms with E-state index in [0.717, 1.165) is 5.56 Å². The number of methoxy groups -OCH3 is 1. The average molecular weight is 227 g/mol. The van der Waals surface area contributed by atoms with Crippen LogP contribution in [0, 0.1) is 6.92 Å². The van der Waals surface area contributed by atoms with Gasteiger partial charge in [-0.3, -0.25) is 9.59 Å². The normalized spacial score (nSPS) is 9.80. The van der Waals surface area contributed by atoms with Crippen molar-refractivity contribution in [1.82, 2.24) is 0 Å². The van der Waals surface area contributed by atoms with Crippen molar-refractivity contribution in [1.29, 1.82) is 0 Å². The molecule has 1 rings (SSSR count). The third kappa shape index (κ3) is 3.06. The highest BCUT2D eigenvalue weighted by atomic mass is 35.5. The molecule has 0 aliphatic rings. The Labute approximate surface area is 93.0 Å². The molecule has 0 aliphatic carbocycles. The first-order valence-electron chi connectivity index (χ1n) is 4.40. The second kappa shape index (κ2) is 4.94. The molecule has 0 aromatic heterocycles. The van der Waals surface area contributed by atoms with E-state index >= 15 is 0 Å². The smallest absolute Gasteiger partial charge is 0.313 e. The molecular formula is C11H11ClO3. The fourth-order valence-electron chi connectivity index (χ4n) is 1.14. The predicted octanol–water partition coefficient (Wildman–Crippen LogP) is 2.39. The van der Waals surface area contributed by atoms with Gasteiger partial charge < -0.3 is 4.74 Å². The van der Waals surface area contributed by atoms with E-state index in [1.165, 1.54) is 7.11 Å². The Morgan fingerprint density at radius 3 is 2.60 bits per heavy atom. The summed E-state index contributed by atoms with van der Waals surface area (Å²) in [6, 6.07) is 5.07. The zero-order chi connectivity index (χ0) is 11.4. The van der Waals surface area contributed by atoms with Crippen LogP contribution in [0.5, 0.6) is 0 Å². The van der Waals surface area contributed by atoms with E-state index in [0.29, 0.717) is 10.6 Å². The van der Waals surface area contributed by atoms with Gasteiger partial charge in [-0.25, -0.2) is 0 Å². The summed E-state index contributed by atoms with van der Waals surface area (Å²) < 4.78 is 4.40. The number of rotatable bonds is 3. The van der Waals surface area contributed by atoms with Gasteiger partial charge in [0.15, 0.2) is 5.78 Å². The first-order valence-corrected chi connectivity index (χ1v) is 4.78. The zero-order valence-corrected chi connectivity index (χ0v) is 9.30. The predicted molar refractivity (Wildman–Crippen MR) is 57.2 cm³/mol. The highest BCUT2D eigenvalue weighted by Gasteiger charge is 2.14. The molecule has 0 unspecified atom stereocenters. The number of hydrogen-bond donors (Lipinski definition) is 0. The van der Waals surface area contributed by atoms with E-state index in [9.17, 15) is 9.59 Å². The second-order valence-corrected chi connectivity index (χ2v) is 3.57. The van der Waals surface area contributed by atoms with Crippen molar-refractivity contribution in [3.63, 3.8) is 0 Å². The number of benzene rings is 1. The second-order valence-electron chi connectivity index (χ2n) is 3.16. The van der Waals surface area contributed by atoms with E-state index in [1.807, 2.05) is 6.92 Å². The fourth-order valence-corrected chi connectivity index (χ4v) is 1.49. The topological polar surface area (TPSA) is 43.4 Å². The summed E-state index contributed by atoms with van der Waals surface area (Å²) in [4.78, 5) is 22.4.